The molecule has 2 aromatic rings. The highest BCUT2D eigenvalue weighted by molar-refractivity contribution is 6.01. The highest BCUT2D eigenvalue weighted by atomic mass is 19.4. The van der Waals surface area contributed by atoms with Crippen LogP contribution in [0.25, 0.3) is 0 Å². The van der Waals surface area contributed by atoms with E-state index in [9.17, 15) is 22.8 Å². The molecule has 0 saturated carbocycles. The van der Waals surface area contributed by atoms with Gasteiger partial charge in [-0.05, 0) is 68.3 Å². The molecular formula is C24H27F3N4O3. The lowest BCUT2D eigenvalue weighted by molar-refractivity contribution is -0.137. The fourth-order valence-corrected chi connectivity index (χ4v) is 4.27. The molecule has 10 heteroatoms. The van der Waals surface area contributed by atoms with Crippen molar-refractivity contribution < 1.29 is 27.5 Å². The molecule has 0 aromatic heterocycles. The maximum Gasteiger partial charge on any atom is 0.416 e. The number of anilines is 3. The SMILES string of the molecule is CC1COCCN1c1ccc(N2CCCC(NC(=O)Nc3ccc(C(F)(F)F)cc3)C2=O)cc1. The lowest BCUT2D eigenvalue weighted by atomic mass is 10.0. The number of morpholine rings is 1. The summed E-state index contributed by atoms with van der Waals surface area (Å²) in [4.78, 5) is 29.3. The molecule has 2 aliphatic heterocycles. The quantitative estimate of drug-likeness (QED) is 0.692. The molecule has 7 nitrogen and oxygen atoms in total. The van der Waals surface area contributed by atoms with Crippen molar-refractivity contribution in [1.29, 1.82) is 0 Å². The van der Waals surface area contributed by atoms with Crippen molar-refractivity contribution in [3.63, 3.8) is 0 Å². The highest BCUT2D eigenvalue weighted by Gasteiger charge is 2.32. The van der Waals surface area contributed by atoms with Crippen molar-refractivity contribution in [2.45, 2.75) is 38.0 Å². The zero-order valence-electron chi connectivity index (χ0n) is 18.8. The summed E-state index contributed by atoms with van der Waals surface area (Å²) in [5, 5.41) is 5.13. The van der Waals surface area contributed by atoms with E-state index in [4.69, 9.17) is 4.74 Å². The van der Waals surface area contributed by atoms with E-state index in [1.165, 1.54) is 12.1 Å². The Morgan fingerprint density at radius 2 is 1.71 bits per heavy atom. The fraction of sp³-hybridized carbons (Fsp3) is 0.417. The van der Waals surface area contributed by atoms with Crippen LogP contribution in [0.2, 0.25) is 0 Å². The summed E-state index contributed by atoms with van der Waals surface area (Å²) < 4.78 is 43.6. The molecule has 2 fully saturated rings. The first-order valence-corrected chi connectivity index (χ1v) is 11.2. The standard InChI is InChI=1S/C24H27F3N4O3/c1-16-15-34-14-13-30(16)19-8-10-20(11-9-19)31-12-2-3-21(22(31)32)29-23(33)28-18-6-4-17(5-7-18)24(25,26)27/h4-11,16,21H,2-3,12-15H2,1H3,(H2,28,29,33). The van der Waals surface area contributed by atoms with Crippen LogP contribution in [-0.4, -0.2) is 50.3 Å². The van der Waals surface area contributed by atoms with Gasteiger partial charge in [0.15, 0.2) is 0 Å². The minimum absolute atomic E-state index is 0.207. The Kier molecular flexibility index (Phi) is 6.97. The van der Waals surface area contributed by atoms with Crippen LogP contribution in [0.4, 0.5) is 35.0 Å². The van der Waals surface area contributed by atoms with Gasteiger partial charge in [0.25, 0.3) is 0 Å². The van der Waals surface area contributed by atoms with Crippen LogP contribution in [0.1, 0.15) is 25.3 Å². The lowest BCUT2D eigenvalue weighted by Crippen LogP contribution is -2.53. The Hall–Kier alpha value is -3.27. The predicted octanol–water partition coefficient (Wildman–Crippen LogP) is 4.25. The smallest absolute Gasteiger partial charge is 0.377 e. The monoisotopic (exact) mass is 476 g/mol. The molecule has 182 valence electrons. The van der Waals surface area contributed by atoms with Crippen LogP contribution < -0.4 is 20.4 Å². The number of nitrogens with one attached hydrogen (secondary N) is 2. The number of rotatable bonds is 4. The van der Waals surface area contributed by atoms with Gasteiger partial charge >= 0.3 is 12.2 Å². The van der Waals surface area contributed by atoms with E-state index < -0.39 is 23.8 Å². The first kappa shape index (κ1) is 23.9. The lowest BCUT2D eigenvalue weighted by Gasteiger charge is -2.36. The first-order chi connectivity index (χ1) is 16.2. The molecule has 3 amide bonds. The Labute approximate surface area is 195 Å². The van der Waals surface area contributed by atoms with Gasteiger partial charge in [0.2, 0.25) is 5.91 Å². The van der Waals surface area contributed by atoms with Crippen molar-refractivity contribution in [3.8, 4) is 0 Å². The van der Waals surface area contributed by atoms with Gasteiger partial charge in [-0.25, -0.2) is 4.79 Å². The van der Waals surface area contributed by atoms with Crippen molar-refractivity contribution >= 4 is 29.0 Å². The Morgan fingerprint density at radius 1 is 1.03 bits per heavy atom. The van der Waals surface area contributed by atoms with Gasteiger partial charge in [0, 0.05) is 36.2 Å². The minimum atomic E-state index is -4.45. The summed E-state index contributed by atoms with van der Waals surface area (Å²) in [6.45, 7) is 4.81. The van der Waals surface area contributed by atoms with Crippen molar-refractivity contribution in [3.05, 3.63) is 54.1 Å². The zero-order chi connectivity index (χ0) is 24.3. The molecule has 2 unspecified atom stereocenters. The number of carbonyl (C=O) groups excluding carboxylic acids is 2. The van der Waals surface area contributed by atoms with Gasteiger partial charge in [0.1, 0.15) is 6.04 Å². The molecule has 0 aliphatic carbocycles. The van der Waals surface area contributed by atoms with E-state index in [2.05, 4.69) is 22.5 Å². The van der Waals surface area contributed by atoms with Crippen LogP contribution in [0.15, 0.2) is 48.5 Å². The fourth-order valence-electron chi connectivity index (χ4n) is 4.27. The topological polar surface area (TPSA) is 73.9 Å². The van der Waals surface area contributed by atoms with Crippen molar-refractivity contribution in [2.24, 2.45) is 0 Å². The Balaban J connectivity index is 1.36. The third-order valence-corrected chi connectivity index (χ3v) is 6.07. The predicted molar refractivity (Wildman–Crippen MR) is 123 cm³/mol. The van der Waals surface area contributed by atoms with E-state index in [0.29, 0.717) is 32.6 Å². The molecule has 34 heavy (non-hydrogen) atoms. The number of hydrogen-bond acceptors (Lipinski definition) is 4. The van der Waals surface area contributed by atoms with E-state index in [1.807, 2.05) is 24.3 Å². The van der Waals surface area contributed by atoms with Crippen LogP contribution in [0.3, 0.4) is 0 Å². The molecule has 0 radical (unpaired) electrons. The second-order valence-electron chi connectivity index (χ2n) is 8.49. The maximum atomic E-state index is 13.0. The number of piperidine rings is 1. The van der Waals surface area contributed by atoms with Crippen LogP contribution in [0, 0.1) is 0 Å². The van der Waals surface area contributed by atoms with Gasteiger partial charge < -0.3 is 25.2 Å². The van der Waals surface area contributed by atoms with E-state index in [-0.39, 0.29) is 17.6 Å². The number of urea groups is 1. The number of carbonyl (C=O) groups is 2. The molecule has 2 N–H and O–H groups in total. The highest BCUT2D eigenvalue weighted by Crippen LogP contribution is 2.30. The third-order valence-electron chi connectivity index (χ3n) is 6.07. The average Bonchev–Trinajstić information content (AvgIpc) is 2.81. The summed E-state index contributed by atoms with van der Waals surface area (Å²) in [5.74, 6) is -0.221. The van der Waals surface area contributed by atoms with Gasteiger partial charge in [-0.2, -0.15) is 13.2 Å². The molecule has 2 aromatic carbocycles. The molecule has 2 atom stereocenters. The second kappa shape index (κ2) is 9.92. The van der Waals surface area contributed by atoms with Crippen LogP contribution in [-0.2, 0) is 15.7 Å². The van der Waals surface area contributed by atoms with Gasteiger partial charge in [-0.3, -0.25) is 4.79 Å². The molecule has 0 spiro atoms. The van der Waals surface area contributed by atoms with E-state index in [1.54, 1.807) is 4.90 Å². The summed E-state index contributed by atoms with van der Waals surface area (Å²) in [7, 11) is 0. The second-order valence-corrected chi connectivity index (χ2v) is 8.49. The number of benzene rings is 2. The number of amides is 3. The van der Waals surface area contributed by atoms with Crippen LogP contribution in [0.5, 0.6) is 0 Å². The van der Waals surface area contributed by atoms with Gasteiger partial charge in [-0.1, -0.05) is 0 Å². The molecule has 2 saturated heterocycles. The minimum Gasteiger partial charge on any atom is -0.377 e. The molecule has 2 heterocycles. The number of nitrogens with zero attached hydrogens (tertiary/aromatic N) is 2. The molecule has 0 bridgehead atoms. The largest absolute Gasteiger partial charge is 0.416 e. The Bertz CT molecular complexity index is 1010. The van der Waals surface area contributed by atoms with E-state index in [0.717, 1.165) is 30.1 Å². The first-order valence-electron chi connectivity index (χ1n) is 11.2. The summed E-state index contributed by atoms with van der Waals surface area (Å²) in [6, 6.07) is 10.8. The van der Waals surface area contributed by atoms with E-state index >= 15 is 0 Å². The normalized spacial score (nSPS) is 21.4. The van der Waals surface area contributed by atoms with Crippen molar-refractivity contribution in [2.75, 3.05) is 41.4 Å². The number of hydrogen-bond donors (Lipinski definition) is 2. The summed E-state index contributed by atoms with van der Waals surface area (Å²) in [5.41, 5.74) is 1.23. The third kappa shape index (κ3) is 5.44. The molecular weight excluding hydrogens is 449 g/mol. The van der Waals surface area contributed by atoms with Gasteiger partial charge in [-0.15, -0.1) is 0 Å². The average molecular weight is 476 g/mol. The summed E-state index contributed by atoms with van der Waals surface area (Å²) in [6.07, 6.45) is -3.25. The molecule has 2 aliphatic rings. The van der Waals surface area contributed by atoms with Gasteiger partial charge in [0.05, 0.1) is 18.8 Å². The Morgan fingerprint density at radius 3 is 2.35 bits per heavy atom. The number of alkyl halides is 3. The number of halogens is 3. The summed E-state index contributed by atoms with van der Waals surface area (Å²) >= 11 is 0. The number of ether oxygens (including phenoxy) is 1. The maximum absolute atomic E-state index is 13.0. The zero-order valence-corrected chi connectivity index (χ0v) is 18.8. The van der Waals surface area contributed by atoms with Crippen molar-refractivity contribution in [1.82, 2.24) is 5.32 Å². The molecule has 4 rings (SSSR count). The van der Waals surface area contributed by atoms with Crippen LogP contribution >= 0.6 is 0 Å².